The predicted molar refractivity (Wildman–Crippen MR) is 106 cm³/mol. The van der Waals surface area contributed by atoms with Gasteiger partial charge in [-0.05, 0) is 49.6 Å². The lowest BCUT2D eigenvalue weighted by Crippen LogP contribution is -2.40. The minimum Gasteiger partial charge on any atom is -0.450 e. The number of hydrogen-bond donors (Lipinski definition) is 1. The van der Waals surface area contributed by atoms with Crippen LogP contribution in [-0.2, 0) is 11.2 Å². The Kier molecular flexibility index (Phi) is 4.49. The fourth-order valence-electron chi connectivity index (χ4n) is 3.76. The third-order valence-corrected chi connectivity index (χ3v) is 5.48. The van der Waals surface area contributed by atoms with Crippen molar-refractivity contribution in [1.82, 2.24) is 9.88 Å². The number of nitrogens with one attached hydrogen (secondary N) is 1. The van der Waals surface area contributed by atoms with Gasteiger partial charge in [-0.2, -0.15) is 0 Å². The molecule has 1 aliphatic rings. The maximum Gasteiger partial charge on any atom is 0.410 e. The highest BCUT2D eigenvalue weighted by atomic mass is 79.9. The van der Waals surface area contributed by atoms with Crippen LogP contribution < -0.4 is 0 Å². The number of rotatable bonds is 2. The zero-order chi connectivity index (χ0) is 18.3. The zero-order valence-corrected chi connectivity index (χ0v) is 16.5. The first-order valence-electron chi connectivity index (χ1n) is 8.88. The van der Waals surface area contributed by atoms with Crippen LogP contribution >= 0.6 is 15.9 Å². The van der Waals surface area contributed by atoms with E-state index in [4.69, 9.17) is 4.74 Å². The van der Waals surface area contributed by atoms with Gasteiger partial charge in [0.1, 0.15) is 6.04 Å². The van der Waals surface area contributed by atoms with Gasteiger partial charge in [-0.15, -0.1) is 0 Å². The van der Waals surface area contributed by atoms with E-state index < -0.39 is 0 Å². The molecule has 5 heteroatoms. The van der Waals surface area contributed by atoms with E-state index in [0.29, 0.717) is 13.2 Å². The molecule has 0 aliphatic carbocycles. The lowest BCUT2D eigenvalue weighted by molar-refractivity contribution is 0.0932. The molecule has 134 valence electrons. The van der Waals surface area contributed by atoms with Crippen molar-refractivity contribution in [3.63, 3.8) is 0 Å². The summed E-state index contributed by atoms with van der Waals surface area (Å²) in [5, 5.41) is 1.22. The molecule has 0 saturated heterocycles. The number of carbonyl (C=O) groups excluding carboxylic acids is 1. The van der Waals surface area contributed by atoms with Crippen LogP contribution in [0.3, 0.4) is 0 Å². The summed E-state index contributed by atoms with van der Waals surface area (Å²) in [4.78, 5) is 18.0. The van der Waals surface area contributed by atoms with Gasteiger partial charge >= 0.3 is 6.09 Å². The average Bonchev–Trinajstić information content (AvgIpc) is 3.00. The third kappa shape index (κ3) is 2.90. The number of H-pyrrole nitrogens is 1. The molecule has 1 N–H and O–H groups in total. The molecule has 0 fully saturated rings. The van der Waals surface area contributed by atoms with Crippen LogP contribution in [0.5, 0.6) is 0 Å². The van der Waals surface area contributed by atoms with Crippen molar-refractivity contribution in [2.24, 2.45) is 0 Å². The van der Waals surface area contributed by atoms with E-state index in [1.807, 2.05) is 17.9 Å². The van der Waals surface area contributed by atoms with Crippen molar-refractivity contribution in [3.05, 3.63) is 69.3 Å². The molecule has 2 aromatic carbocycles. The maximum absolute atomic E-state index is 12.6. The second-order valence-electron chi connectivity index (χ2n) is 6.66. The molecule has 0 bridgehead atoms. The summed E-state index contributed by atoms with van der Waals surface area (Å²) in [5.74, 6) is 0. The van der Waals surface area contributed by atoms with Gasteiger partial charge in [-0.25, -0.2) is 4.79 Å². The van der Waals surface area contributed by atoms with Crippen LogP contribution in [0.15, 0.2) is 46.9 Å². The van der Waals surface area contributed by atoms with Crippen molar-refractivity contribution >= 4 is 32.9 Å². The van der Waals surface area contributed by atoms with Crippen LogP contribution in [-0.4, -0.2) is 29.1 Å². The predicted octanol–water partition coefficient (Wildman–Crippen LogP) is 5.34. The van der Waals surface area contributed by atoms with Crippen LogP contribution in [0.2, 0.25) is 0 Å². The van der Waals surface area contributed by atoms with E-state index in [-0.39, 0.29) is 12.1 Å². The SMILES string of the molecule is CCOC(=O)N1CCc2c([nH]c3ccc(Br)cc23)C1c1ccc(C)cc1. The van der Waals surface area contributed by atoms with Gasteiger partial charge in [0.15, 0.2) is 0 Å². The minimum absolute atomic E-state index is 0.162. The molecule has 3 aromatic rings. The van der Waals surface area contributed by atoms with Gasteiger partial charge in [0.05, 0.1) is 6.61 Å². The van der Waals surface area contributed by atoms with Gasteiger partial charge in [-0.1, -0.05) is 45.8 Å². The summed E-state index contributed by atoms with van der Waals surface area (Å²) in [6, 6.07) is 14.5. The number of nitrogens with zero attached hydrogens (tertiary/aromatic N) is 1. The summed E-state index contributed by atoms with van der Waals surface area (Å²) in [7, 11) is 0. The quantitative estimate of drug-likeness (QED) is 0.616. The Hall–Kier alpha value is -2.27. The molecule has 1 aromatic heterocycles. The van der Waals surface area contributed by atoms with Crippen LogP contribution in [0, 0.1) is 6.92 Å². The number of halogens is 1. The van der Waals surface area contributed by atoms with Gasteiger partial charge in [0.25, 0.3) is 0 Å². The Balaban J connectivity index is 1.88. The Morgan fingerprint density at radius 3 is 2.77 bits per heavy atom. The van der Waals surface area contributed by atoms with E-state index in [9.17, 15) is 4.79 Å². The van der Waals surface area contributed by atoms with Gasteiger partial charge in [0, 0.05) is 27.6 Å². The van der Waals surface area contributed by atoms with Crippen molar-refractivity contribution in [1.29, 1.82) is 0 Å². The molecule has 0 saturated carbocycles. The van der Waals surface area contributed by atoms with Crippen molar-refractivity contribution in [2.45, 2.75) is 26.3 Å². The standard InChI is InChI=1S/C21H21BrN2O2/c1-3-26-21(25)24-11-10-16-17-12-15(22)8-9-18(17)23-19(16)20(24)14-6-4-13(2)5-7-14/h4-9,12,20,23H,3,10-11H2,1-2H3. The number of benzene rings is 2. The molecule has 4 nitrogen and oxygen atoms in total. The smallest absolute Gasteiger partial charge is 0.410 e. The number of carbonyl (C=O) groups is 1. The number of amides is 1. The average molecular weight is 413 g/mol. The zero-order valence-electron chi connectivity index (χ0n) is 14.9. The molecular formula is C21H21BrN2O2. The van der Waals surface area contributed by atoms with Crippen LogP contribution in [0.1, 0.15) is 35.3 Å². The monoisotopic (exact) mass is 412 g/mol. The largest absolute Gasteiger partial charge is 0.450 e. The fraction of sp³-hybridized carbons (Fsp3) is 0.286. The highest BCUT2D eigenvalue weighted by Gasteiger charge is 2.35. The van der Waals surface area contributed by atoms with E-state index >= 15 is 0 Å². The number of ether oxygens (including phenoxy) is 1. The molecule has 1 unspecified atom stereocenters. The minimum atomic E-state index is -0.261. The molecule has 1 amide bonds. The Bertz CT molecular complexity index is 962. The second-order valence-corrected chi connectivity index (χ2v) is 7.58. The van der Waals surface area contributed by atoms with E-state index in [0.717, 1.165) is 27.7 Å². The first-order chi connectivity index (χ1) is 12.6. The number of aromatic nitrogens is 1. The summed E-state index contributed by atoms with van der Waals surface area (Å²) >= 11 is 3.57. The molecular weight excluding hydrogens is 392 g/mol. The maximum atomic E-state index is 12.6. The molecule has 1 atom stereocenters. The Morgan fingerprint density at radius 2 is 2.04 bits per heavy atom. The normalized spacial score (nSPS) is 16.6. The lowest BCUT2D eigenvalue weighted by atomic mass is 9.92. The number of aromatic amines is 1. The second kappa shape index (κ2) is 6.80. The molecule has 26 heavy (non-hydrogen) atoms. The van der Waals surface area contributed by atoms with E-state index in [1.54, 1.807) is 0 Å². The summed E-state index contributed by atoms with van der Waals surface area (Å²) < 4.78 is 6.39. The van der Waals surface area contributed by atoms with Crippen LogP contribution in [0.25, 0.3) is 10.9 Å². The van der Waals surface area contributed by atoms with Gasteiger partial charge in [-0.3, -0.25) is 4.90 Å². The first kappa shape index (κ1) is 17.2. The van der Waals surface area contributed by atoms with Gasteiger partial charge in [0.2, 0.25) is 0 Å². The third-order valence-electron chi connectivity index (χ3n) is 4.98. The fourth-order valence-corrected chi connectivity index (χ4v) is 4.12. The molecule has 4 rings (SSSR count). The highest BCUT2D eigenvalue weighted by Crippen LogP contribution is 2.39. The summed E-state index contributed by atoms with van der Waals surface area (Å²) in [6.45, 7) is 4.93. The molecule has 0 radical (unpaired) electrons. The summed E-state index contributed by atoms with van der Waals surface area (Å²) in [5.41, 5.74) is 5.76. The first-order valence-corrected chi connectivity index (χ1v) is 9.67. The Morgan fingerprint density at radius 1 is 1.27 bits per heavy atom. The number of fused-ring (bicyclic) bond motifs is 3. The molecule has 2 heterocycles. The number of aryl methyl sites for hydroxylation is 1. The Labute approximate surface area is 161 Å². The lowest BCUT2D eigenvalue weighted by Gasteiger charge is -2.35. The summed E-state index contributed by atoms with van der Waals surface area (Å²) in [6.07, 6.45) is 0.552. The van der Waals surface area contributed by atoms with Crippen LogP contribution in [0.4, 0.5) is 4.79 Å². The van der Waals surface area contributed by atoms with E-state index in [2.05, 4.69) is 64.2 Å². The molecule has 0 spiro atoms. The number of hydrogen-bond acceptors (Lipinski definition) is 2. The van der Waals surface area contributed by atoms with E-state index in [1.165, 1.54) is 16.5 Å². The van der Waals surface area contributed by atoms with Gasteiger partial charge < -0.3 is 9.72 Å². The molecule has 1 aliphatic heterocycles. The van der Waals surface area contributed by atoms with Crippen molar-refractivity contribution in [2.75, 3.05) is 13.2 Å². The highest BCUT2D eigenvalue weighted by molar-refractivity contribution is 9.10. The topological polar surface area (TPSA) is 45.3 Å². The van der Waals surface area contributed by atoms with Crippen molar-refractivity contribution < 1.29 is 9.53 Å². The van der Waals surface area contributed by atoms with Crippen molar-refractivity contribution in [3.8, 4) is 0 Å².